The van der Waals surface area contributed by atoms with Crippen LogP contribution >= 0.6 is 15.6 Å². The second-order valence-corrected chi connectivity index (χ2v) is 32.4. The molecule has 0 amide bonds. The normalized spacial score (nSPS) is 14.2. The number of carbonyl (C=O) groups excluding carboxylic acids is 4. The molecular weight excluding hydrogens is 1290 g/mol. The Morgan fingerprint density at radius 1 is 0.293 bits per heavy atom. The fourth-order valence-corrected chi connectivity index (χ4v) is 13.9. The van der Waals surface area contributed by atoms with E-state index in [-0.39, 0.29) is 25.7 Å². The number of phosphoric ester groups is 2. The van der Waals surface area contributed by atoms with E-state index in [0.29, 0.717) is 25.7 Å². The molecule has 0 rings (SSSR count). The van der Waals surface area contributed by atoms with Crippen molar-refractivity contribution in [3.05, 3.63) is 0 Å². The van der Waals surface area contributed by atoms with Crippen LogP contribution in [0.5, 0.6) is 0 Å². The quantitative estimate of drug-likeness (QED) is 0.0222. The standard InChI is InChI=1S/C80H156O17P2/c1-7-10-12-14-16-18-20-22-24-26-28-30-32-39-46-52-58-64-79(84)96-75(68-90-77(82)62-56-50-44-38-31-29-27-25-23-21-19-17-15-13-11-8-2)70-94-98(86,87)92-66-74(81)67-93-99(88,89)95-71-76(69-91-78(83)63-57-51-45-41-35-36-42-48-54-60-72(4)5)97-80(85)65-59-53-47-40-34-33-37-43-49-55-61-73(6)9-3/h72-76,81H,7-71H2,1-6H3,(H,86,87)(H,88,89)/t73?,74-,75-,76-/m1/s1. The molecule has 0 aliphatic carbocycles. The predicted octanol–water partition coefficient (Wildman–Crippen LogP) is 23.9. The van der Waals surface area contributed by atoms with Crippen LogP contribution in [0.1, 0.15) is 420 Å². The lowest BCUT2D eigenvalue weighted by molar-refractivity contribution is -0.161. The van der Waals surface area contributed by atoms with E-state index >= 15 is 0 Å². The molecule has 0 bridgehead atoms. The highest BCUT2D eigenvalue weighted by atomic mass is 31.2. The van der Waals surface area contributed by atoms with Gasteiger partial charge in [-0.15, -0.1) is 0 Å². The lowest BCUT2D eigenvalue weighted by Gasteiger charge is -2.21. The van der Waals surface area contributed by atoms with Gasteiger partial charge >= 0.3 is 39.5 Å². The Labute approximate surface area is 607 Å². The molecular formula is C80H156O17P2. The number of hydrogen-bond acceptors (Lipinski definition) is 15. The van der Waals surface area contributed by atoms with Gasteiger partial charge in [-0.1, -0.05) is 369 Å². The van der Waals surface area contributed by atoms with Gasteiger partial charge in [-0.2, -0.15) is 0 Å². The number of hydrogen-bond donors (Lipinski definition) is 3. The summed E-state index contributed by atoms with van der Waals surface area (Å²) in [6.07, 6.45) is 60.9. The van der Waals surface area contributed by atoms with Crippen LogP contribution < -0.4 is 0 Å². The first-order valence-electron chi connectivity index (χ1n) is 41.5. The van der Waals surface area contributed by atoms with Crippen molar-refractivity contribution in [2.75, 3.05) is 39.6 Å². The van der Waals surface area contributed by atoms with Crippen LogP contribution in [0.4, 0.5) is 0 Å². The molecule has 0 aromatic heterocycles. The van der Waals surface area contributed by atoms with Crippen molar-refractivity contribution in [1.82, 2.24) is 0 Å². The Balaban J connectivity index is 5.27. The molecule has 0 aliphatic rings. The number of unbranched alkanes of at least 4 members (excludes halogenated alkanes) is 48. The highest BCUT2D eigenvalue weighted by Gasteiger charge is 2.30. The molecule has 0 aromatic carbocycles. The van der Waals surface area contributed by atoms with Crippen molar-refractivity contribution in [2.45, 2.75) is 439 Å². The van der Waals surface area contributed by atoms with Crippen LogP contribution in [0, 0.1) is 11.8 Å². The first-order chi connectivity index (χ1) is 47.9. The predicted molar refractivity (Wildman–Crippen MR) is 405 cm³/mol. The summed E-state index contributed by atoms with van der Waals surface area (Å²) in [4.78, 5) is 73.0. The summed E-state index contributed by atoms with van der Waals surface area (Å²) in [5.74, 6) is -0.562. The van der Waals surface area contributed by atoms with Crippen molar-refractivity contribution < 1.29 is 80.2 Å². The number of aliphatic hydroxyl groups excluding tert-OH is 1. The molecule has 588 valence electrons. The molecule has 3 N–H and O–H groups in total. The average molecular weight is 1450 g/mol. The highest BCUT2D eigenvalue weighted by molar-refractivity contribution is 7.47. The zero-order chi connectivity index (χ0) is 72.8. The third kappa shape index (κ3) is 72.8. The molecule has 0 fully saturated rings. The summed E-state index contributed by atoms with van der Waals surface area (Å²) in [6, 6.07) is 0. The van der Waals surface area contributed by atoms with Gasteiger partial charge in [0.25, 0.3) is 0 Å². The van der Waals surface area contributed by atoms with Crippen molar-refractivity contribution in [3.8, 4) is 0 Å². The lowest BCUT2D eigenvalue weighted by Crippen LogP contribution is -2.30. The van der Waals surface area contributed by atoms with Crippen LogP contribution in [-0.4, -0.2) is 96.7 Å². The Kier molecular flexibility index (Phi) is 70.3. The molecule has 0 aromatic rings. The Bertz CT molecular complexity index is 1910. The fraction of sp³-hybridized carbons (Fsp3) is 0.950. The minimum atomic E-state index is -4.96. The van der Waals surface area contributed by atoms with E-state index in [2.05, 4.69) is 41.5 Å². The van der Waals surface area contributed by atoms with Gasteiger partial charge in [0.2, 0.25) is 0 Å². The summed E-state index contributed by atoms with van der Waals surface area (Å²) in [7, 11) is -9.92. The van der Waals surface area contributed by atoms with Gasteiger partial charge in [0.05, 0.1) is 26.4 Å². The third-order valence-corrected chi connectivity index (χ3v) is 21.0. The molecule has 0 radical (unpaired) electrons. The number of esters is 4. The van der Waals surface area contributed by atoms with E-state index in [0.717, 1.165) is 102 Å². The second kappa shape index (κ2) is 71.7. The van der Waals surface area contributed by atoms with Gasteiger partial charge in [0.1, 0.15) is 19.3 Å². The van der Waals surface area contributed by atoms with Gasteiger partial charge in [-0.05, 0) is 37.5 Å². The molecule has 3 unspecified atom stereocenters. The topological polar surface area (TPSA) is 237 Å². The maximum atomic E-state index is 13.1. The number of carbonyl (C=O) groups is 4. The van der Waals surface area contributed by atoms with Crippen LogP contribution in [0.2, 0.25) is 0 Å². The van der Waals surface area contributed by atoms with Crippen molar-refractivity contribution in [1.29, 1.82) is 0 Å². The molecule has 0 saturated carbocycles. The molecule has 6 atom stereocenters. The van der Waals surface area contributed by atoms with Crippen molar-refractivity contribution in [2.24, 2.45) is 11.8 Å². The largest absolute Gasteiger partial charge is 0.472 e. The van der Waals surface area contributed by atoms with E-state index in [1.165, 1.54) is 238 Å². The van der Waals surface area contributed by atoms with E-state index in [9.17, 15) is 43.2 Å². The van der Waals surface area contributed by atoms with Gasteiger partial charge in [0.15, 0.2) is 12.2 Å². The van der Waals surface area contributed by atoms with Crippen molar-refractivity contribution in [3.63, 3.8) is 0 Å². The van der Waals surface area contributed by atoms with E-state index in [1.807, 2.05) is 0 Å². The number of ether oxygens (including phenoxy) is 4. The fourth-order valence-electron chi connectivity index (χ4n) is 12.3. The smallest absolute Gasteiger partial charge is 0.462 e. The minimum Gasteiger partial charge on any atom is -0.462 e. The second-order valence-electron chi connectivity index (χ2n) is 29.5. The van der Waals surface area contributed by atoms with Gasteiger partial charge in [-0.3, -0.25) is 37.3 Å². The van der Waals surface area contributed by atoms with Crippen LogP contribution in [0.25, 0.3) is 0 Å². The minimum absolute atomic E-state index is 0.106. The number of aliphatic hydroxyl groups is 1. The Morgan fingerprint density at radius 3 is 0.768 bits per heavy atom. The Morgan fingerprint density at radius 2 is 0.515 bits per heavy atom. The summed E-state index contributed by atoms with van der Waals surface area (Å²) < 4.78 is 68.7. The lowest BCUT2D eigenvalue weighted by atomic mass is 9.99. The van der Waals surface area contributed by atoms with Crippen molar-refractivity contribution >= 4 is 39.5 Å². The maximum Gasteiger partial charge on any atom is 0.472 e. The molecule has 0 saturated heterocycles. The molecule has 0 spiro atoms. The summed E-state index contributed by atoms with van der Waals surface area (Å²) in [5, 5.41) is 10.6. The number of phosphoric acid groups is 2. The molecule has 99 heavy (non-hydrogen) atoms. The molecule has 0 heterocycles. The first-order valence-corrected chi connectivity index (χ1v) is 44.5. The molecule has 0 aliphatic heterocycles. The first kappa shape index (κ1) is 97.1. The number of rotatable bonds is 79. The average Bonchev–Trinajstić information content (AvgIpc) is 1.03. The van der Waals surface area contributed by atoms with Crippen LogP contribution in [-0.2, 0) is 65.4 Å². The van der Waals surface area contributed by atoms with E-state index < -0.39 is 97.5 Å². The summed E-state index contributed by atoms with van der Waals surface area (Å²) in [5.41, 5.74) is 0. The highest BCUT2D eigenvalue weighted by Crippen LogP contribution is 2.45. The summed E-state index contributed by atoms with van der Waals surface area (Å²) >= 11 is 0. The monoisotopic (exact) mass is 1450 g/mol. The maximum absolute atomic E-state index is 13.1. The Hall–Kier alpha value is -1.94. The van der Waals surface area contributed by atoms with Gasteiger partial charge in [0, 0.05) is 25.7 Å². The SMILES string of the molecule is CCCCCCCCCCCCCCCCCCCC(=O)O[C@H](COC(=O)CCCCCCCCCCCCCCCCCC)COP(=O)(O)OC[C@@H](O)COP(=O)(O)OC[C@@H](COC(=O)CCCCCCCCCCCC(C)C)OC(=O)CCCCCCCCCCCCC(C)CC. The zero-order valence-electron chi connectivity index (χ0n) is 64.8. The summed E-state index contributed by atoms with van der Waals surface area (Å²) in [6.45, 7) is 9.64. The molecule has 17 nitrogen and oxygen atoms in total. The zero-order valence-corrected chi connectivity index (χ0v) is 66.6. The van der Waals surface area contributed by atoms with Gasteiger partial charge in [-0.25, -0.2) is 9.13 Å². The van der Waals surface area contributed by atoms with E-state index in [1.54, 1.807) is 0 Å². The molecule has 19 heteroatoms. The van der Waals surface area contributed by atoms with Crippen LogP contribution in [0.3, 0.4) is 0 Å². The van der Waals surface area contributed by atoms with Crippen LogP contribution in [0.15, 0.2) is 0 Å². The van der Waals surface area contributed by atoms with Gasteiger partial charge < -0.3 is 33.8 Å². The third-order valence-electron chi connectivity index (χ3n) is 19.1. The van der Waals surface area contributed by atoms with E-state index in [4.69, 9.17) is 37.0 Å².